The molecule has 4 aromatic carbocycles. The number of hydrogen-bond acceptors (Lipinski definition) is 8. The van der Waals surface area contributed by atoms with Gasteiger partial charge in [0, 0.05) is 86.2 Å². The van der Waals surface area contributed by atoms with E-state index in [-0.39, 0.29) is 12.3 Å². The Hall–Kier alpha value is -4.02. The average molecular weight is 764 g/mol. The van der Waals surface area contributed by atoms with Gasteiger partial charge < -0.3 is 19.6 Å². The molecule has 2 fully saturated rings. The minimum absolute atomic E-state index is 0.107. The second kappa shape index (κ2) is 15.3. The summed E-state index contributed by atoms with van der Waals surface area (Å²) in [5.74, 6) is 0. The third kappa shape index (κ3) is 7.12. The molecule has 0 bridgehead atoms. The van der Waals surface area contributed by atoms with Gasteiger partial charge in [0.25, 0.3) is 0 Å². The molecule has 0 amide bonds. The van der Waals surface area contributed by atoms with E-state index in [9.17, 15) is 0 Å². The number of hydrazine groups is 2. The third-order valence-corrected chi connectivity index (χ3v) is 12.0. The van der Waals surface area contributed by atoms with Crippen LogP contribution in [0.3, 0.4) is 0 Å². The highest BCUT2D eigenvalue weighted by atomic mass is 35.5. The van der Waals surface area contributed by atoms with Crippen molar-refractivity contribution in [2.24, 2.45) is 0 Å². The number of piperazine rings is 2. The van der Waals surface area contributed by atoms with Crippen LogP contribution in [0.4, 0.5) is 11.4 Å². The zero-order valence-corrected chi connectivity index (χ0v) is 33.9. The highest BCUT2D eigenvalue weighted by Crippen LogP contribution is 2.49. The molecule has 0 aromatic heterocycles. The van der Waals surface area contributed by atoms with Crippen LogP contribution in [0.5, 0.6) is 0 Å². The van der Waals surface area contributed by atoms with Crippen LogP contribution in [0, 0.1) is 27.7 Å². The molecular formula is C44H52Cl2N8. The highest BCUT2D eigenvalue weighted by Gasteiger charge is 2.47. The summed E-state index contributed by atoms with van der Waals surface area (Å²) in [6.07, 6.45) is 4.57. The minimum atomic E-state index is -0.107. The molecule has 2 saturated heterocycles. The summed E-state index contributed by atoms with van der Waals surface area (Å²) in [6, 6.07) is 30.4. The van der Waals surface area contributed by atoms with E-state index in [2.05, 4.69) is 154 Å². The SMILES string of the molecule is Cc1ccc(C2N(c3ccc(Cl)cc3)C=C(C3=CN(c4ccc(Cl)cc4)C(c4ccc(C)cc4C)N3N3CCN(C)CC3)N2N2CCN(C)CC2)c(C)c1. The summed E-state index contributed by atoms with van der Waals surface area (Å²) < 4.78 is 0. The first-order chi connectivity index (χ1) is 26.0. The standard InChI is InChI=1S/C44H52Cl2N8/c1-31-7-17-39(33(3)27-31)43-51(37-13-9-35(45)10-14-37)29-41(53(43)49-23-19-47(5)20-24-49)42-30-52(38-15-11-36(46)12-16-38)44(40-18-8-32(2)28-34(40)4)54(42)50-25-21-48(6)22-26-50/h7-18,27-30,43-44H,19-26H2,1-6H3. The van der Waals surface area contributed by atoms with E-state index >= 15 is 0 Å². The van der Waals surface area contributed by atoms with E-state index in [1.54, 1.807) is 0 Å². The Morgan fingerprint density at radius 1 is 0.463 bits per heavy atom. The molecule has 4 aromatic rings. The molecule has 4 heterocycles. The van der Waals surface area contributed by atoms with Crippen molar-refractivity contribution in [3.8, 4) is 0 Å². The van der Waals surface area contributed by atoms with Crippen molar-refractivity contribution in [3.63, 3.8) is 0 Å². The van der Waals surface area contributed by atoms with Crippen LogP contribution in [-0.4, -0.2) is 96.3 Å². The topological polar surface area (TPSA) is 25.9 Å². The van der Waals surface area contributed by atoms with Gasteiger partial charge in [0.05, 0.1) is 11.4 Å². The van der Waals surface area contributed by atoms with Gasteiger partial charge in [0.2, 0.25) is 0 Å². The second-order valence-corrected chi connectivity index (χ2v) is 16.3. The van der Waals surface area contributed by atoms with E-state index in [0.717, 1.165) is 73.8 Å². The zero-order chi connectivity index (χ0) is 37.7. The lowest BCUT2D eigenvalue weighted by Gasteiger charge is -2.48. The molecule has 54 heavy (non-hydrogen) atoms. The lowest BCUT2D eigenvalue weighted by atomic mass is 10.0. The molecule has 282 valence electrons. The quantitative estimate of drug-likeness (QED) is 0.185. The molecule has 0 saturated carbocycles. The Balaban J connectivity index is 1.36. The molecule has 8 rings (SSSR count). The van der Waals surface area contributed by atoms with Crippen LogP contribution in [0.2, 0.25) is 10.0 Å². The predicted molar refractivity (Wildman–Crippen MR) is 223 cm³/mol. The van der Waals surface area contributed by atoms with E-state index in [0.29, 0.717) is 0 Å². The Kier molecular flexibility index (Phi) is 10.4. The fourth-order valence-corrected chi connectivity index (χ4v) is 8.73. The lowest BCUT2D eigenvalue weighted by molar-refractivity contribution is -0.0700. The molecular weight excluding hydrogens is 711 g/mol. The van der Waals surface area contributed by atoms with Crippen molar-refractivity contribution in [3.05, 3.63) is 152 Å². The van der Waals surface area contributed by atoms with Crippen LogP contribution >= 0.6 is 23.2 Å². The molecule has 8 nitrogen and oxygen atoms in total. The maximum absolute atomic E-state index is 6.51. The summed E-state index contributed by atoms with van der Waals surface area (Å²) >= 11 is 13.0. The van der Waals surface area contributed by atoms with Crippen LogP contribution in [0.1, 0.15) is 45.7 Å². The van der Waals surface area contributed by atoms with Gasteiger partial charge in [-0.3, -0.25) is 10.0 Å². The first kappa shape index (κ1) is 36.9. The van der Waals surface area contributed by atoms with Crippen LogP contribution in [-0.2, 0) is 0 Å². The molecule has 4 aliphatic heterocycles. The lowest BCUT2D eigenvalue weighted by Crippen LogP contribution is -2.56. The van der Waals surface area contributed by atoms with Crippen molar-refractivity contribution >= 4 is 34.6 Å². The Morgan fingerprint density at radius 3 is 1.15 bits per heavy atom. The van der Waals surface area contributed by atoms with Gasteiger partial charge in [-0.2, -0.15) is 0 Å². The maximum atomic E-state index is 6.51. The van der Waals surface area contributed by atoms with Crippen molar-refractivity contribution < 1.29 is 0 Å². The van der Waals surface area contributed by atoms with Crippen molar-refractivity contribution in [1.29, 1.82) is 0 Å². The third-order valence-electron chi connectivity index (χ3n) is 11.5. The number of aryl methyl sites for hydroxylation is 4. The average Bonchev–Trinajstić information content (AvgIpc) is 3.73. The van der Waals surface area contributed by atoms with Crippen molar-refractivity contribution in [1.82, 2.24) is 29.8 Å². The fourth-order valence-electron chi connectivity index (χ4n) is 8.48. The Morgan fingerprint density at radius 2 is 0.815 bits per heavy atom. The largest absolute Gasteiger partial charge is 0.320 e. The molecule has 2 atom stereocenters. The number of anilines is 2. The zero-order valence-electron chi connectivity index (χ0n) is 32.4. The van der Waals surface area contributed by atoms with E-state index < -0.39 is 0 Å². The predicted octanol–water partition coefficient (Wildman–Crippen LogP) is 8.58. The van der Waals surface area contributed by atoms with Crippen molar-refractivity contribution in [2.45, 2.75) is 40.0 Å². The molecule has 2 unspecified atom stereocenters. The smallest absolute Gasteiger partial charge is 0.147 e. The number of benzene rings is 4. The van der Waals surface area contributed by atoms with Crippen LogP contribution < -0.4 is 9.80 Å². The molecule has 0 N–H and O–H groups in total. The number of rotatable bonds is 7. The monoisotopic (exact) mass is 762 g/mol. The van der Waals surface area contributed by atoms with E-state index in [1.165, 1.54) is 44.8 Å². The molecule has 10 heteroatoms. The van der Waals surface area contributed by atoms with Gasteiger partial charge in [0.15, 0.2) is 0 Å². The fraction of sp³-hybridized carbons (Fsp3) is 0.364. The summed E-state index contributed by atoms with van der Waals surface area (Å²) in [4.78, 5) is 9.79. The van der Waals surface area contributed by atoms with Gasteiger partial charge in [-0.15, -0.1) is 0 Å². The maximum Gasteiger partial charge on any atom is 0.147 e. The summed E-state index contributed by atoms with van der Waals surface area (Å²) in [7, 11) is 4.46. The minimum Gasteiger partial charge on any atom is -0.320 e. The summed E-state index contributed by atoms with van der Waals surface area (Å²) in [5.41, 5.74) is 12.2. The van der Waals surface area contributed by atoms with Gasteiger partial charge in [-0.1, -0.05) is 70.7 Å². The molecule has 0 spiro atoms. The normalized spacial score (nSPS) is 22.0. The second-order valence-electron chi connectivity index (χ2n) is 15.5. The number of hydrogen-bond donors (Lipinski definition) is 0. The van der Waals surface area contributed by atoms with Crippen LogP contribution in [0.25, 0.3) is 0 Å². The summed E-state index contributed by atoms with van der Waals surface area (Å²) in [6.45, 7) is 16.5. The van der Waals surface area contributed by atoms with Gasteiger partial charge in [-0.25, -0.2) is 10.0 Å². The molecule has 4 aliphatic rings. The summed E-state index contributed by atoms with van der Waals surface area (Å²) in [5, 5.41) is 11.9. The Labute approximate surface area is 331 Å². The van der Waals surface area contributed by atoms with Gasteiger partial charge in [0.1, 0.15) is 12.3 Å². The van der Waals surface area contributed by atoms with Crippen molar-refractivity contribution in [2.75, 3.05) is 76.3 Å². The number of nitrogens with zero attached hydrogens (tertiary/aromatic N) is 8. The van der Waals surface area contributed by atoms with Gasteiger partial charge in [-0.05, 0) is 113 Å². The van der Waals surface area contributed by atoms with E-state index in [4.69, 9.17) is 23.2 Å². The first-order valence-electron chi connectivity index (χ1n) is 19.2. The highest BCUT2D eigenvalue weighted by molar-refractivity contribution is 6.30. The molecule has 0 aliphatic carbocycles. The van der Waals surface area contributed by atoms with E-state index in [1.807, 2.05) is 24.3 Å². The van der Waals surface area contributed by atoms with Gasteiger partial charge >= 0.3 is 0 Å². The Bertz CT molecular complexity index is 1880. The first-order valence-corrected chi connectivity index (χ1v) is 19.9. The number of halogens is 2. The van der Waals surface area contributed by atoms with Crippen LogP contribution in [0.15, 0.2) is 109 Å². The molecule has 0 radical (unpaired) electrons. The number of likely N-dealkylation sites (N-methyl/N-ethyl adjacent to an activating group) is 2.